The molecule has 0 aliphatic heterocycles. The Labute approximate surface area is 150 Å². The van der Waals surface area contributed by atoms with Crippen LogP contribution in [0.25, 0.3) is 11.0 Å². The number of amides is 1. The van der Waals surface area contributed by atoms with Crippen LogP contribution in [0.1, 0.15) is 54.5 Å². The highest BCUT2D eigenvalue weighted by Gasteiger charge is 2.20. The van der Waals surface area contributed by atoms with Crippen LogP contribution in [0.5, 0.6) is 0 Å². The zero-order valence-corrected chi connectivity index (χ0v) is 15.0. The summed E-state index contributed by atoms with van der Waals surface area (Å²) in [5.74, 6) is -1.71. The number of carbonyl (C=O) groups excluding carboxylic acids is 1. The number of nitrogens with one attached hydrogen (secondary N) is 1. The summed E-state index contributed by atoms with van der Waals surface area (Å²) in [6, 6.07) is 4.47. The molecule has 0 aliphatic rings. The summed E-state index contributed by atoms with van der Waals surface area (Å²) in [5, 5.41) is 7.71. The third kappa shape index (κ3) is 3.29. The van der Waals surface area contributed by atoms with Gasteiger partial charge in [-0.25, -0.2) is 18.4 Å². The second-order valence-electron chi connectivity index (χ2n) is 6.59. The molecular weight excluding hydrogens is 338 g/mol. The van der Waals surface area contributed by atoms with Gasteiger partial charge in [-0.05, 0) is 39.8 Å². The zero-order valence-electron chi connectivity index (χ0n) is 15.0. The highest BCUT2D eigenvalue weighted by Crippen LogP contribution is 2.23. The molecule has 0 bridgehead atoms. The summed E-state index contributed by atoms with van der Waals surface area (Å²) in [4.78, 5) is 17.3. The predicted molar refractivity (Wildman–Crippen MR) is 94.9 cm³/mol. The lowest BCUT2D eigenvalue weighted by Crippen LogP contribution is -2.27. The highest BCUT2D eigenvalue weighted by atomic mass is 19.1. The van der Waals surface area contributed by atoms with Crippen molar-refractivity contribution in [1.82, 2.24) is 20.1 Å². The SMILES string of the molecule is Cc1cc(C(=O)N[C@@H](C)c2ccc(F)cc2F)c2cnn(C(C)C)c2n1. The molecule has 0 unspecified atom stereocenters. The number of halogens is 2. The molecule has 0 fully saturated rings. The van der Waals surface area contributed by atoms with Gasteiger partial charge >= 0.3 is 0 Å². The van der Waals surface area contributed by atoms with Gasteiger partial charge in [0.05, 0.1) is 23.2 Å². The lowest BCUT2D eigenvalue weighted by molar-refractivity contribution is 0.0941. The molecule has 3 rings (SSSR count). The summed E-state index contributed by atoms with van der Waals surface area (Å²) >= 11 is 0. The zero-order chi connectivity index (χ0) is 19.0. The van der Waals surface area contributed by atoms with E-state index in [0.29, 0.717) is 22.3 Å². The van der Waals surface area contributed by atoms with E-state index in [4.69, 9.17) is 0 Å². The van der Waals surface area contributed by atoms with Crippen molar-refractivity contribution in [3.63, 3.8) is 0 Å². The first kappa shape index (κ1) is 18.0. The minimum absolute atomic E-state index is 0.102. The molecule has 7 heteroatoms. The molecule has 0 aliphatic carbocycles. The van der Waals surface area contributed by atoms with Gasteiger partial charge in [-0.1, -0.05) is 6.07 Å². The molecule has 1 atom stereocenters. The van der Waals surface area contributed by atoms with Gasteiger partial charge in [0.15, 0.2) is 5.65 Å². The van der Waals surface area contributed by atoms with E-state index in [-0.39, 0.29) is 17.5 Å². The van der Waals surface area contributed by atoms with Crippen molar-refractivity contribution in [3.8, 4) is 0 Å². The molecule has 1 aromatic carbocycles. The number of hydrogen-bond acceptors (Lipinski definition) is 3. The molecule has 136 valence electrons. The second kappa shape index (κ2) is 6.82. The van der Waals surface area contributed by atoms with Gasteiger partial charge in [-0.15, -0.1) is 0 Å². The van der Waals surface area contributed by atoms with Crippen LogP contribution in [0.3, 0.4) is 0 Å². The number of carbonyl (C=O) groups is 1. The molecule has 5 nitrogen and oxygen atoms in total. The van der Waals surface area contributed by atoms with Crippen molar-refractivity contribution < 1.29 is 13.6 Å². The standard InChI is InChI=1S/C19H20F2N4O/c1-10(2)25-18-16(9-22-25)15(7-11(3)23-18)19(26)24-12(4)14-6-5-13(20)8-17(14)21/h5-10,12H,1-4H3,(H,24,26)/t12-/m0/s1. The van der Waals surface area contributed by atoms with Crippen LogP contribution >= 0.6 is 0 Å². The normalized spacial score (nSPS) is 12.6. The van der Waals surface area contributed by atoms with Crippen LogP contribution in [-0.4, -0.2) is 20.7 Å². The summed E-state index contributed by atoms with van der Waals surface area (Å²) < 4.78 is 28.8. The average molecular weight is 358 g/mol. The molecule has 2 heterocycles. The summed E-state index contributed by atoms with van der Waals surface area (Å²) in [6.07, 6.45) is 1.61. The number of rotatable bonds is 4. The molecule has 2 aromatic heterocycles. The van der Waals surface area contributed by atoms with Crippen molar-refractivity contribution in [2.45, 2.75) is 39.8 Å². The second-order valence-corrected chi connectivity index (χ2v) is 6.59. The Morgan fingerprint density at radius 1 is 1.19 bits per heavy atom. The molecule has 0 saturated carbocycles. The third-order valence-electron chi connectivity index (χ3n) is 4.21. The van der Waals surface area contributed by atoms with E-state index in [1.807, 2.05) is 13.8 Å². The van der Waals surface area contributed by atoms with Crippen molar-refractivity contribution in [2.75, 3.05) is 0 Å². The first-order chi connectivity index (χ1) is 12.3. The first-order valence-electron chi connectivity index (χ1n) is 8.38. The van der Waals surface area contributed by atoms with E-state index in [9.17, 15) is 13.6 Å². The molecule has 0 radical (unpaired) electrons. The Bertz CT molecular complexity index is 981. The minimum atomic E-state index is -0.693. The number of aromatic nitrogens is 3. The number of benzene rings is 1. The Kier molecular flexibility index (Phi) is 4.71. The van der Waals surface area contributed by atoms with Crippen molar-refractivity contribution in [1.29, 1.82) is 0 Å². The average Bonchev–Trinajstić information content (AvgIpc) is 2.97. The Morgan fingerprint density at radius 2 is 1.92 bits per heavy atom. The largest absolute Gasteiger partial charge is 0.345 e. The minimum Gasteiger partial charge on any atom is -0.345 e. The fraction of sp³-hybridized carbons (Fsp3) is 0.316. The molecule has 3 aromatic rings. The van der Waals surface area contributed by atoms with Gasteiger partial charge in [0.2, 0.25) is 0 Å². The number of hydrogen-bond donors (Lipinski definition) is 1. The molecule has 0 saturated heterocycles. The molecular formula is C19H20F2N4O. The molecule has 1 amide bonds. The van der Waals surface area contributed by atoms with Crippen LogP contribution in [0.4, 0.5) is 8.78 Å². The van der Waals surface area contributed by atoms with E-state index < -0.39 is 17.7 Å². The van der Waals surface area contributed by atoms with Crippen LogP contribution < -0.4 is 5.32 Å². The van der Waals surface area contributed by atoms with E-state index in [0.717, 1.165) is 6.07 Å². The maximum Gasteiger partial charge on any atom is 0.252 e. The number of aryl methyl sites for hydroxylation is 1. The van der Waals surface area contributed by atoms with Gasteiger partial charge in [0, 0.05) is 23.4 Å². The predicted octanol–water partition coefficient (Wildman–Crippen LogP) is 4.09. The lowest BCUT2D eigenvalue weighted by atomic mass is 10.1. The smallest absolute Gasteiger partial charge is 0.252 e. The van der Waals surface area contributed by atoms with Crippen molar-refractivity contribution >= 4 is 16.9 Å². The van der Waals surface area contributed by atoms with Gasteiger partial charge in [0.25, 0.3) is 5.91 Å². The Morgan fingerprint density at radius 3 is 2.58 bits per heavy atom. The maximum absolute atomic E-state index is 13.9. The summed E-state index contributed by atoms with van der Waals surface area (Å²) in [7, 11) is 0. The summed E-state index contributed by atoms with van der Waals surface area (Å²) in [6.45, 7) is 7.42. The fourth-order valence-electron chi connectivity index (χ4n) is 2.91. The quantitative estimate of drug-likeness (QED) is 0.764. The van der Waals surface area contributed by atoms with E-state index in [1.54, 1.807) is 30.8 Å². The van der Waals surface area contributed by atoms with E-state index in [2.05, 4.69) is 15.4 Å². The Hall–Kier alpha value is -2.83. The van der Waals surface area contributed by atoms with Crippen LogP contribution in [0, 0.1) is 18.6 Å². The van der Waals surface area contributed by atoms with Crippen LogP contribution in [0.2, 0.25) is 0 Å². The number of nitrogens with zero attached hydrogens (tertiary/aromatic N) is 3. The van der Waals surface area contributed by atoms with Gasteiger partial charge in [-0.2, -0.15) is 5.10 Å². The topological polar surface area (TPSA) is 59.8 Å². The van der Waals surface area contributed by atoms with Gasteiger partial charge < -0.3 is 5.32 Å². The van der Waals surface area contributed by atoms with Crippen molar-refractivity contribution in [3.05, 3.63) is 58.9 Å². The van der Waals surface area contributed by atoms with E-state index in [1.165, 1.54) is 12.1 Å². The number of fused-ring (bicyclic) bond motifs is 1. The monoisotopic (exact) mass is 358 g/mol. The molecule has 0 spiro atoms. The van der Waals surface area contributed by atoms with E-state index >= 15 is 0 Å². The van der Waals surface area contributed by atoms with Gasteiger partial charge in [0.1, 0.15) is 11.6 Å². The third-order valence-corrected chi connectivity index (χ3v) is 4.21. The van der Waals surface area contributed by atoms with Gasteiger partial charge in [-0.3, -0.25) is 4.79 Å². The summed E-state index contributed by atoms with van der Waals surface area (Å²) in [5.41, 5.74) is 1.96. The van der Waals surface area contributed by atoms with Crippen LogP contribution in [-0.2, 0) is 0 Å². The molecule has 26 heavy (non-hydrogen) atoms. The fourth-order valence-corrected chi connectivity index (χ4v) is 2.91. The van der Waals surface area contributed by atoms with Crippen LogP contribution in [0.15, 0.2) is 30.5 Å². The molecule has 1 N–H and O–H groups in total. The number of pyridine rings is 1. The first-order valence-corrected chi connectivity index (χ1v) is 8.38. The van der Waals surface area contributed by atoms with Crippen molar-refractivity contribution in [2.24, 2.45) is 0 Å². The lowest BCUT2D eigenvalue weighted by Gasteiger charge is -2.16. The maximum atomic E-state index is 13.9. The Balaban J connectivity index is 1.95. The highest BCUT2D eigenvalue weighted by molar-refractivity contribution is 6.05.